The highest BCUT2D eigenvalue weighted by Gasteiger charge is 2.17. The topological polar surface area (TPSA) is 79.5 Å². The highest BCUT2D eigenvalue weighted by Crippen LogP contribution is 2.18. The van der Waals surface area contributed by atoms with E-state index in [9.17, 15) is 9.59 Å². The molecule has 5 nitrogen and oxygen atoms in total. The van der Waals surface area contributed by atoms with E-state index in [4.69, 9.17) is 9.52 Å². The summed E-state index contributed by atoms with van der Waals surface area (Å²) >= 11 is 0. The van der Waals surface area contributed by atoms with E-state index in [0.29, 0.717) is 24.1 Å². The Morgan fingerprint density at radius 1 is 1.37 bits per heavy atom. The van der Waals surface area contributed by atoms with Gasteiger partial charge in [-0.1, -0.05) is 18.2 Å². The fraction of sp³-hybridized carbons (Fsp3) is 0.286. The summed E-state index contributed by atoms with van der Waals surface area (Å²) < 4.78 is 5.14. The quantitative estimate of drug-likeness (QED) is 0.640. The van der Waals surface area contributed by atoms with Crippen LogP contribution in [0.5, 0.6) is 0 Å². The van der Waals surface area contributed by atoms with Crippen LogP contribution < -0.4 is 10.9 Å². The standard InChI is InChI=1S/C14H15NO4/c1-9-10-5-2-3-6-11(10)19-14(18)12(9)13(17)15-7-4-8-16/h2-3,5-6,16H,4,7-8H2,1H3,(H,15,17). The summed E-state index contributed by atoms with van der Waals surface area (Å²) in [5, 5.41) is 12.0. The molecule has 0 fully saturated rings. The number of benzene rings is 1. The number of para-hydroxylation sites is 1. The molecule has 2 N–H and O–H groups in total. The number of carbonyl (C=O) groups is 1. The summed E-state index contributed by atoms with van der Waals surface area (Å²) in [5.74, 6) is -0.467. The van der Waals surface area contributed by atoms with Crippen LogP contribution in [0.15, 0.2) is 33.5 Å². The average Bonchev–Trinajstić information content (AvgIpc) is 2.39. The first-order valence-electron chi connectivity index (χ1n) is 6.06. The van der Waals surface area contributed by atoms with Crippen molar-refractivity contribution in [2.45, 2.75) is 13.3 Å². The maximum Gasteiger partial charge on any atom is 0.349 e. The van der Waals surface area contributed by atoms with Crippen LogP contribution in [0.3, 0.4) is 0 Å². The molecule has 0 aliphatic heterocycles. The normalized spacial score (nSPS) is 10.6. The van der Waals surface area contributed by atoms with Gasteiger partial charge < -0.3 is 14.8 Å². The third-order valence-electron chi connectivity index (χ3n) is 2.92. The first-order valence-corrected chi connectivity index (χ1v) is 6.06. The minimum atomic E-state index is -0.641. The zero-order valence-corrected chi connectivity index (χ0v) is 10.6. The Morgan fingerprint density at radius 2 is 2.11 bits per heavy atom. The van der Waals surface area contributed by atoms with Crippen LogP contribution in [0.4, 0.5) is 0 Å². The van der Waals surface area contributed by atoms with Gasteiger partial charge in [0.15, 0.2) is 0 Å². The SMILES string of the molecule is Cc1c(C(=O)NCCCO)c(=O)oc2ccccc12. The van der Waals surface area contributed by atoms with Crippen LogP contribution in [0.2, 0.25) is 0 Å². The van der Waals surface area contributed by atoms with Crippen LogP contribution in [0.25, 0.3) is 11.0 Å². The Kier molecular flexibility index (Phi) is 3.97. The van der Waals surface area contributed by atoms with Crippen LogP contribution in [0.1, 0.15) is 22.3 Å². The summed E-state index contributed by atoms with van der Waals surface area (Å²) in [5.41, 5.74) is 0.458. The minimum absolute atomic E-state index is 0.00834. The van der Waals surface area contributed by atoms with E-state index in [0.717, 1.165) is 5.39 Å². The highest BCUT2D eigenvalue weighted by atomic mass is 16.4. The molecule has 1 aromatic carbocycles. The number of amides is 1. The van der Waals surface area contributed by atoms with Crippen LogP contribution in [-0.4, -0.2) is 24.2 Å². The lowest BCUT2D eigenvalue weighted by atomic mass is 10.1. The number of carbonyl (C=O) groups excluding carboxylic acids is 1. The summed E-state index contributed by atoms with van der Waals surface area (Å²) in [4.78, 5) is 23.8. The van der Waals surface area contributed by atoms with Gasteiger partial charge in [0.25, 0.3) is 5.91 Å². The molecule has 2 aromatic rings. The number of aliphatic hydroxyl groups is 1. The van der Waals surface area contributed by atoms with Gasteiger partial charge in [0.1, 0.15) is 11.1 Å². The van der Waals surface area contributed by atoms with Gasteiger partial charge in [-0.05, 0) is 25.0 Å². The number of aryl methyl sites for hydroxylation is 1. The maximum atomic E-state index is 12.0. The van der Waals surface area contributed by atoms with Gasteiger partial charge >= 0.3 is 5.63 Å². The monoisotopic (exact) mass is 261 g/mol. The number of aliphatic hydroxyl groups excluding tert-OH is 1. The van der Waals surface area contributed by atoms with Gasteiger partial charge in [-0.25, -0.2) is 4.79 Å². The Morgan fingerprint density at radius 3 is 2.84 bits per heavy atom. The van der Waals surface area contributed by atoms with Crippen molar-refractivity contribution >= 4 is 16.9 Å². The van der Waals surface area contributed by atoms with Crippen LogP contribution >= 0.6 is 0 Å². The Balaban J connectivity index is 2.43. The second kappa shape index (κ2) is 5.67. The van der Waals surface area contributed by atoms with E-state index in [2.05, 4.69) is 5.32 Å². The smallest absolute Gasteiger partial charge is 0.349 e. The predicted molar refractivity (Wildman–Crippen MR) is 71.3 cm³/mol. The molecule has 1 aromatic heterocycles. The van der Waals surface area contributed by atoms with E-state index in [1.807, 2.05) is 6.07 Å². The molecule has 1 amide bonds. The molecule has 0 unspecified atom stereocenters. The molecule has 0 saturated heterocycles. The third-order valence-corrected chi connectivity index (χ3v) is 2.92. The summed E-state index contributed by atoms with van der Waals surface area (Å²) in [7, 11) is 0. The van der Waals surface area contributed by atoms with Crippen molar-refractivity contribution in [2.24, 2.45) is 0 Å². The summed E-state index contributed by atoms with van der Waals surface area (Å²) in [6.45, 7) is 2.03. The maximum absolute atomic E-state index is 12.0. The Labute approximate surface area is 109 Å². The molecule has 5 heteroatoms. The van der Waals surface area contributed by atoms with Crippen molar-refractivity contribution < 1.29 is 14.3 Å². The van der Waals surface area contributed by atoms with Crippen molar-refractivity contribution in [1.82, 2.24) is 5.32 Å². The lowest BCUT2D eigenvalue weighted by molar-refractivity contribution is 0.0947. The number of fused-ring (bicyclic) bond motifs is 1. The van der Waals surface area contributed by atoms with E-state index in [-0.39, 0.29) is 12.2 Å². The van der Waals surface area contributed by atoms with Gasteiger partial charge in [0.2, 0.25) is 0 Å². The van der Waals surface area contributed by atoms with Crippen molar-refractivity contribution in [3.63, 3.8) is 0 Å². The van der Waals surface area contributed by atoms with Gasteiger partial charge in [0, 0.05) is 18.5 Å². The van der Waals surface area contributed by atoms with Crippen molar-refractivity contribution in [3.05, 3.63) is 45.8 Å². The molecule has 0 aliphatic carbocycles. The Hall–Kier alpha value is -2.14. The fourth-order valence-corrected chi connectivity index (χ4v) is 1.94. The predicted octanol–water partition coefficient (Wildman–Crippen LogP) is 1.21. The van der Waals surface area contributed by atoms with Gasteiger partial charge in [-0.2, -0.15) is 0 Å². The lowest BCUT2D eigenvalue weighted by Gasteiger charge is -2.07. The van der Waals surface area contributed by atoms with Crippen LogP contribution in [0, 0.1) is 6.92 Å². The third kappa shape index (κ3) is 2.66. The van der Waals surface area contributed by atoms with E-state index >= 15 is 0 Å². The molecule has 0 atom stereocenters. The number of rotatable bonds is 4. The summed E-state index contributed by atoms with van der Waals surface area (Å²) in [6.07, 6.45) is 0.448. The zero-order chi connectivity index (χ0) is 13.8. The van der Waals surface area contributed by atoms with Crippen molar-refractivity contribution in [1.29, 1.82) is 0 Å². The molecule has 0 aliphatic rings. The average molecular weight is 261 g/mol. The molecule has 0 radical (unpaired) electrons. The molecule has 1 heterocycles. The van der Waals surface area contributed by atoms with E-state index < -0.39 is 11.5 Å². The minimum Gasteiger partial charge on any atom is -0.422 e. The fourth-order valence-electron chi connectivity index (χ4n) is 1.94. The largest absolute Gasteiger partial charge is 0.422 e. The number of nitrogens with one attached hydrogen (secondary N) is 1. The summed E-state index contributed by atoms with van der Waals surface area (Å²) in [6, 6.07) is 7.09. The van der Waals surface area contributed by atoms with Crippen molar-refractivity contribution in [2.75, 3.05) is 13.2 Å². The molecule has 100 valence electrons. The lowest BCUT2D eigenvalue weighted by Crippen LogP contribution is -2.30. The molecular weight excluding hydrogens is 246 g/mol. The molecule has 0 bridgehead atoms. The molecular formula is C14H15NO4. The van der Waals surface area contributed by atoms with Gasteiger partial charge in [0.05, 0.1) is 0 Å². The molecule has 19 heavy (non-hydrogen) atoms. The van der Waals surface area contributed by atoms with E-state index in [1.165, 1.54) is 0 Å². The zero-order valence-electron chi connectivity index (χ0n) is 10.6. The first-order chi connectivity index (χ1) is 9.15. The second-order valence-corrected chi connectivity index (χ2v) is 4.22. The van der Waals surface area contributed by atoms with Gasteiger partial charge in [-0.3, -0.25) is 4.79 Å². The molecule has 0 spiro atoms. The molecule has 0 saturated carbocycles. The second-order valence-electron chi connectivity index (χ2n) is 4.22. The van der Waals surface area contributed by atoms with Gasteiger partial charge in [-0.15, -0.1) is 0 Å². The highest BCUT2D eigenvalue weighted by molar-refractivity contribution is 5.99. The molecule has 2 rings (SSSR count). The van der Waals surface area contributed by atoms with Crippen molar-refractivity contribution in [3.8, 4) is 0 Å². The number of hydrogen-bond donors (Lipinski definition) is 2. The number of hydrogen-bond acceptors (Lipinski definition) is 4. The Bertz CT molecular complexity index is 660. The van der Waals surface area contributed by atoms with E-state index in [1.54, 1.807) is 25.1 Å². The van der Waals surface area contributed by atoms with Crippen LogP contribution in [-0.2, 0) is 0 Å². The first kappa shape index (κ1) is 13.3.